The number of rotatable bonds is 4. The summed E-state index contributed by atoms with van der Waals surface area (Å²) in [5, 5.41) is 17.7. The van der Waals surface area contributed by atoms with Crippen molar-refractivity contribution in [2.24, 2.45) is 10.2 Å². The van der Waals surface area contributed by atoms with E-state index in [-0.39, 0.29) is 12.3 Å². The molecular weight excluding hydrogens is 350 g/mol. The number of aliphatic carboxylic acids is 1. The molecule has 2 aliphatic rings. The second-order valence-electron chi connectivity index (χ2n) is 6.53. The summed E-state index contributed by atoms with van der Waals surface area (Å²) in [5.74, 6) is -1.24. The van der Waals surface area contributed by atoms with Crippen molar-refractivity contribution in [1.29, 1.82) is 0 Å². The van der Waals surface area contributed by atoms with Crippen LogP contribution < -0.4 is 4.90 Å². The van der Waals surface area contributed by atoms with Crippen molar-refractivity contribution in [3.8, 4) is 0 Å². The van der Waals surface area contributed by atoms with Gasteiger partial charge in [0.15, 0.2) is 5.17 Å². The summed E-state index contributed by atoms with van der Waals surface area (Å²) in [6, 6.07) is 9.20. The number of carbonyl (C=O) groups excluding carboxylic acids is 1. The Morgan fingerprint density at radius 3 is 2.38 bits per heavy atom. The van der Waals surface area contributed by atoms with Crippen molar-refractivity contribution in [2.75, 3.05) is 4.90 Å². The molecule has 1 atom stereocenters. The minimum Gasteiger partial charge on any atom is -0.481 e. The zero-order chi connectivity index (χ0) is 18.4. The van der Waals surface area contributed by atoms with E-state index in [0.717, 1.165) is 31.4 Å². The number of hydrogen-bond acceptors (Lipinski definition) is 5. The molecule has 1 aromatic rings. The number of benzene rings is 1. The predicted octanol–water partition coefficient (Wildman–Crippen LogP) is 4.07. The van der Waals surface area contributed by atoms with E-state index in [0.29, 0.717) is 10.9 Å². The van der Waals surface area contributed by atoms with Crippen LogP contribution in [0.3, 0.4) is 0 Å². The Bertz CT molecular complexity index is 708. The third kappa shape index (κ3) is 4.72. The van der Waals surface area contributed by atoms with Crippen LogP contribution in [0.4, 0.5) is 5.69 Å². The third-order valence-corrected chi connectivity index (χ3v) is 5.64. The molecule has 1 heterocycles. The minimum absolute atomic E-state index is 0.220. The van der Waals surface area contributed by atoms with Crippen LogP contribution in [0.25, 0.3) is 0 Å². The monoisotopic (exact) mass is 373 g/mol. The highest BCUT2D eigenvalue weighted by Crippen LogP contribution is 2.33. The van der Waals surface area contributed by atoms with E-state index in [1.807, 2.05) is 30.3 Å². The van der Waals surface area contributed by atoms with Gasteiger partial charge in [-0.2, -0.15) is 5.10 Å². The van der Waals surface area contributed by atoms with Crippen LogP contribution in [0.5, 0.6) is 0 Å². The number of nitrogens with zero attached hydrogens (tertiary/aromatic N) is 3. The molecule has 0 aromatic heterocycles. The fourth-order valence-corrected chi connectivity index (χ4v) is 4.24. The molecule has 2 fully saturated rings. The van der Waals surface area contributed by atoms with Gasteiger partial charge in [0.05, 0.1) is 12.1 Å². The normalized spacial score (nSPS) is 23.0. The lowest BCUT2D eigenvalue weighted by Crippen LogP contribution is -2.32. The number of amidine groups is 1. The molecule has 1 N–H and O–H groups in total. The van der Waals surface area contributed by atoms with E-state index < -0.39 is 11.2 Å². The molecule has 0 unspecified atom stereocenters. The van der Waals surface area contributed by atoms with Gasteiger partial charge in [-0.1, -0.05) is 49.2 Å². The molecular formula is C19H23N3O3S. The molecule has 1 aliphatic carbocycles. The Kier molecular flexibility index (Phi) is 6.44. The number of hydrogen-bond donors (Lipinski definition) is 1. The minimum atomic E-state index is -0.989. The molecule has 3 rings (SSSR count). The van der Waals surface area contributed by atoms with Gasteiger partial charge in [0.1, 0.15) is 5.25 Å². The molecule has 1 aliphatic heterocycles. The van der Waals surface area contributed by atoms with Crippen LogP contribution >= 0.6 is 11.8 Å². The molecule has 1 saturated carbocycles. The zero-order valence-electron chi connectivity index (χ0n) is 14.6. The van der Waals surface area contributed by atoms with E-state index in [9.17, 15) is 9.59 Å². The van der Waals surface area contributed by atoms with Crippen LogP contribution in [0.1, 0.15) is 51.4 Å². The SMILES string of the molecule is O=C(O)C[C@@H]1SC(=NN=C2CCCCCCC2)N(c2ccccc2)C1=O. The summed E-state index contributed by atoms with van der Waals surface area (Å²) < 4.78 is 0. The molecule has 26 heavy (non-hydrogen) atoms. The van der Waals surface area contributed by atoms with E-state index in [4.69, 9.17) is 5.11 Å². The van der Waals surface area contributed by atoms with Crippen LogP contribution in [0.2, 0.25) is 0 Å². The molecule has 1 amide bonds. The van der Waals surface area contributed by atoms with E-state index in [2.05, 4.69) is 10.2 Å². The second-order valence-corrected chi connectivity index (χ2v) is 7.70. The van der Waals surface area contributed by atoms with Gasteiger partial charge in [-0.3, -0.25) is 14.5 Å². The van der Waals surface area contributed by atoms with Crippen LogP contribution in [-0.4, -0.2) is 33.1 Å². The molecule has 7 heteroatoms. The van der Waals surface area contributed by atoms with Crippen LogP contribution in [0, 0.1) is 0 Å². The number of thioether (sulfide) groups is 1. The summed E-state index contributed by atoms with van der Waals surface area (Å²) in [5.41, 5.74) is 1.76. The van der Waals surface area contributed by atoms with Gasteiger partial charge in [0, 0.05) is 5.71 Å². The Balaban J connectivity index is 1.86. The van der Waals surface area contributed by atoms with Crippen molar-refractivity contribution in [3.63, 3.8) is 0 Å². The second kappa shape index (κ2) is 8.98. The first-order valence-corrected chi connectivity index (χ1v) is 9.94. The Morgan fingerprint density at radius 1 is 1.08 bits per heavy atom. The Hall–Kier alpha value is -2.15. The van der Waals surface area contributed by atoms with Crippen molar-refractivity contribution in [2.45, 2.75) is 56.6 Å². The first kappa shape index (κ1) is 18.6. The third-order valence-electron chi connectivity index (χ3n) is 4.52. The lowest BCUT2D eigenvalue weighted by atomic mass is 9.99. The van der Waals surface area contributed by atoms with E-state index in [1.165, 1.54) is 35.9 Å². The summed E-state index contributed by atoms with van der Waals surface area (Å²) >= 11 is 1.19. The maximum atomic E-state index is 12.7. The van der Waals surface area contributed by atoms with Gasteiger partial charge in [0.2, 0.25) is 5.91 Å². The van der Waals surface area contributed by atoms with Crippen LogP contribution in [-0.2, 0) is 9.59 Å². The number of carbonyl (C=O) groups is 2. The Labute approximate surface area is 157 Å². The number of carboxylic acids is 1. The molecule has 1 saturated heterocycles. The number of carboxylic acid groups (broad SMARTS) is 1. The van der Waals surface area contributed by atoms with E-state index in [1.54, 1.807) is 0 Å². The lowest BCUT2D eigenvalue weighted by molar-refractivity contribution is -0.138. The Morgan fingerprint density at radius 2 is 1.73 bits per heavy atom. The first-order chi connectivity index (χ1) is 12.6. The average Bonchev–Trinajstić information content (AvgIpc) is 2.90. The highest BCUT2D eigenvalue weighted by molar-refractivity contribution is 8.16. The van der Waals surface area contributed by atoms with Gasteiger partial charge in [0.25, 0.3) is 0 Å². The number of anilines is 1. The highest BCUT2D eigenvalue weighted by atomic mass is 32.2. The molecule has 1 aromatic carbocycles. The quantitative estimate of drug-likeness (QED) is 0.807. The standard InChI is InChI=1S/C19H23N3O3S/c23-17(24)13-16-18(25)22(15-11-7-4-8-12-15)19(26-16)21-20-14-9-5-2-1-3-6-10-14/h4,7-8,11-12,16H,1-3,5-6,9-10,13H2,(H,23,24)/t16-/m0/s1. The summed E-state index contributed by atoms with van der Waals surface area (Å²) in [6.07, 6.45) is 7.64. The van der Waals surface area contributed by atoms with Gasteiger partial charge < -0.3 is 5.11 Å². The smallest absolute Gasteiger partial charge is 0.305 e. The molecule has 138 valence electrons. The van der Waals surface area contributed by atoms with Gasteiger partial charge >= 0.3 is 5.97 Å². The fourth-order valence-electron chi connectivity index (χ4n) is 3.17. The van der Waals surface area contributed by atoms with Gasteiger partial charge in [-0.05, 0) is 37.8 Å². The maximum Gasteiger partial charge on any atom is 0.305 e. The maximum absolute atomic E-state index is 12.7. The molecule has 6 nitrogen and oxygen atoms in total. The van der Waals surface area contributed by atoms with Crippen molar-refractivity contribution >= 4 is 40.2 Å². The van der Waals surface area contributed by atoms with E-state index >= 15 is 0 Å². The summed E-state index contributed by atoms with van der Waals surface area (Å²) in [4.78, 5) is 25.3. The molecule has 0 radical (unpaired) electrons. The fraction of sp³-hybridized carbons (Fsp3) is 0.474. The predicted molar refractivity (Wildman–Crippen MR) is 105 cm³/mol. The summed E-state index contributed by atoms with van der Waals surface area (Å²) in [6.45, 7) is 0. The average molecular weight is 373 g/mol. The van der Waals surface area contributed by atoms with Crippen molar-refractivity contribution < 1.29 is 14.7 Å². The lowest BCUT2D eigenvalue weighted by Gasteiger charge is -2.15. The van der Waals surface area contributed by atoms with Gasteiger partial charge in [-0.15, -0.1) is 5.10 Å². The molecule has 0 bridgehead atoms. The van der Waals surface area contributed by atoms with Crippen molar-refractivity contribution in [1.82, 2.24) is 0 Å². The first-order valence-electron chi connectivity index (χ1n) is 9.06. The number of para-hydroxylation sites is 1. The highest BCUT2D eigenvalue weighted by Gasteiger charge is 2.40. The van der Waals surface area contributed by atoms with Gasteiger partial charge in [-0.25, -0.2) is 0 Å². The largest absolute Gasteiger partial charge is 0.481 e. The summed E-state index contributed by atoms with van der Waals surface area (Å²) in [7, 11) is 0. The topological polar surface area (TPSA) is 82.3 Å². The molecule has 0 spiro atoms. The van der Waals surface area contributed by atoms with Crippen molar-refractivity contribution in [3.05, 3.63) is 30.3 Å². The zero-order valence-corrected chi connectivity index (χ0v) is 15.5. The number of amides is 1. The van der Waals surface area contributed by atoms with Crippen LogP contribution in [0.15, 0.2) is 40.5 Å².